The van der Waals surface area contributed by atoms with Gasteiger partial charge in [-0.15, -0.1) is 0 Å². The minimum atomic E-state index is -0.144. The third-order valence-electron chi connectivity index (χ3n) is 5.60. The number of aliphatic imine (C=N–C) groups is 1. The summed E-state index contributed by atoms with van der Waals surface area (Å²) in [5.41, 5.74) is 5.24. The molecule has 0 saturated carbocycles. The van der Waals surface area contributed by atoms with Crippen LogP contribution < -0.4 is 0 Å². The monoisotopic (exact) mass is 375 g/mol. The first-order chi connectivity index (χ1) is 13.3. The van der Waals surface area contributed by atoms with Gasteiger partial charge in [0.25, 0.3) is 0 Å². The first-order valence-corrected chi connectivity index (χ1v) is 10.0. The van der Waals surface area contributed by atoms with E-state index in [-0.39, 0.29) is 6.29 Å². The van der Waals surface area contributed by atoms with Gasteiger partial charge in [0.2, 0.25) is 6.29 Å². The fraction of sp³-hybridized carbons (Fsp3) is 0.261. The van der Waals surface area contributed by atoms with Gasteiger partial charge >= 0.3 is 0 Å². The van der Waals surface area contributed by atoms with Crippen LogP contribution >= 0.6 is 11.6 Å². The summed E-state index contributed by atoms with van der Waals surface area (Å²) in [6.45, 7) is 0.838. The topological polar surface area (TPSA) is 20.5 Å². The predicted octanol–water partition coefficient (Wildman–Crippen LogP) is 6.17. The number of aromatic nitrogens is 1. The van der Waals surface area contributed by atoms with Gasteiger partial charge in [-0.25, -0.2) is 4.99 Å². The number of hydrogen-bond acceptors (Lipinski definition) is 2. The zero-order chi connectivity index (χ0) is 18.2. The van der Waals surface area contributed by atoms with Gasteiger partial charge in [0.15, 0.2) is 0 Å². The molecule has 4 heteroatoms. The Morgan fingerprint density at radius 2 is 1.74 bits per heavy atom. The summed E-state index contributed by atoms with van der Waals surface area (Å²) in [7, 11) is 0. The summed E-state index contributed by atoms with van der Waals surface area (Å²) >= 11 is 6.69. The molecule has 0 bridgehead atoms. The Hall–Kier alpha value is -2.52. The van der Waals surface area contributed by atoms with Gasteiger partial charge in [-0.3, -0.25) is 4.57 Å². The summed E-state index contributed by atoms with van der Waals surface area (Å²) in [5.74, 6) is 0. The molecule has 0 saturated heterocycles. The highest BCUT2D eigenvalue weighted by Crippen LogP contribution is 2.39. The Balaban J connectivity index is 1.62. The van der Waals surface area contributed by atoms with Crippen LogP contribution in [-0.4, -0.2) is 15.7 Å². The number of nitrogens with zero attached hydrogens (tertiary/aromatic N) is 3. The minimum Gasteiger partial charge on any atom is -0.332 e. The van der Waals surface area contributed by atoms with E-state index >= 15 is 0 Å². The van der Waals surface area contributed by atoms with Crippen molar-refractivity contribution in [2.75, 3.05) is 0 Å². The van der Waals surface area contributed by atoms with E-state index < -0.39 is 0 Å². The molecule has 2 aromatic carbocycles. The van der Waals surface area contributed by atoms with E-state index in [1.54, 1.807) is 0 Å². The molecule has 0 radical (unpaired) electrons. The molecule has 2 heterocycles. The Morgan fingerprint density at radius 3 is 2.63 bits per heavy atom. The molecule has 1 aliphatic heterocycles. The molecule has 3 aromatic rings. The Morgan fingerprint density at radius 1 is 0.963 bits per heavy atom. The van der Waals surface area contributed by atoms with Crippen molar-refractivity contribution in [1.29, 1.82) is 0 Å². The van der Waals surface area contributed by atoms with Gasteiger partial charge in [-0.05, 0) is 49.0 Å². The molecule has 5 rings (SSSR count). The first-order valence-electron chi connectivity index (χ1n) is 9.62. The summed E-state index contributed by atoms with van der Waals surface area (Å²) in [5, 5.41) is 1.89. The Kier molecular flexibility index (Phi) is 4.25. The van der Waals surface area contributed by atoms with Crippen LogP contribution in [0.4, 0.5) is 0 Å². The lowest BCUT2D eigenvalue weighted by Gasteiger charge is -2.39. The molecular formula is C23H22ClN3. The Labute approximate surface area is 164 Å². The van der Waals surface area contributed by atoms with Gasteiger partial charge in [-0.1, -0.05) is 60.1 Å². The van der Waals surface area contributed by atoms with Crippen molar-refractivity contribution < 1.29 is 0 Å². The van der Waals surface area contributed by atoms with Crippen LogP contribution in [0.3, 0.4) is 0 Å². The quantitative estimate of drug-likeness (QED) is 0.536. The molecule has 2 aliphatic rings. The number of halogens is 1. The van der Waals surface area contributed by atoms with Gasteiger partial charge < -0.3 is 4.90 Å². The second kappa shape index (κ2) is 6.90. The summed E-state index contributed by atoms with van der Waals surface area (Å²) in [4.78, 5) is 7.41. The van der Waals surface area contributed by atoms with Crippen molar-refractivity contribution in [3.05, 3.63) is 82.7 Å². The molecular weight excluding hydrogens is 354 g/mol. The highest BCUT2D eigenvalue weighted by atomic mass is 35.5. The number of para-hydroxylation sites is 1. The van der Waals surface area contributed by atoms with Gasteiger partial charge in [0.1, 0.15) is 5.15 Å². The summed E-state index contributed by atoms with van der Waals surface area (Å²) in [6, 6.07) is 21.0. The van der Waals surface area contributed by atoms with E-state index in [0.29, 0.717) is 0 Å². The van der Waals surface area contributed by atoms with E-state index in [2.05, 4.69) is 70.3 Å². The molecule has 0 N–H and O–H groups in total. The average Bonchev–Trinajstić information content (AvgIpc) is 3.05. The molecule has 0 amide bonds. The van der Waals surface area contributed by atoms with E-state index in [9.17, 15) is 0 Å². The summed E-state index contributed by atoms with van der Waals surface area (Å²) in [6.07, 6.45) is 6.67. The van der Waals surface area contributed by atoms with Crippen molar-refractivity contribution in [3.63, 3.8) is 0 Å². The van der Waals surface area contributed by atoms with Crippen molar-refractivity contribution in [2.24, 2.45) is 4.99 Å². The second-order valence-corrected chi connectivity index (χ2v) is 7.70. The smallest absolute Gasteiger partial charge is 0.204 e. The predicted molar refractivity (Wildman–Crippen MR) is 112 cm³/mol. The van der Waals surface area contributed by atoms with E-state index in [4.69, 9.17) is 16.6 Å². The lowest BCUT2D eigenvalue weighted by Crippen LogP contribution is -2.35. The van der Waals surface area contributed by atoms with Crippen molar-refractivity contribution in [1.82, 2.24) is 9.47 Å². The van der Waals surface area contributed by atoms with Crippen molar-refractivity contribution >= 4 is 28.7 Å². The molecule has 1 atom stereocenters. The van der Waals surface area contributed by atoms with E-state index in [1.165, 1.54) is 29.7 Å². The van der Waals surface area contributed by atoms with Crippen LogP contribution in [-0.2, 0) is 6.54 Å². The number of allylic oxidation sites excluding steroid dienone is 2. The van der Waals surface area contributed by atoms with Crippen LogP contribution in [0.2, 0.25) is 5.15 Å². The Bertz CT molecular complexity index is 1030. The maximum absolute atomic E-state index is 6.69. The van der Waals surface area contributed by atoms with Crippen molar-refractivity contribution in [2.45, 2.75) is 38.5 Å². The molecule has 136 valence electrons. The lowest BCUT2D eigenvalue weighted by molar-refractivity contribution is 0.174. The lowest BCUT2D eigenvalue weighted by atomic mass is 9.94. The second-order valence-electron chi connectivity index (χ2n) is 7.31. The van der Waals surface area contributed by atoms with E-state index in [1.807, 2.05) is 6.07 Å². The SMILES string of the molecule is Clc1cc2ccccc2n1C1N=CC2=C(CCCC2)N1Cc1ccccc1. The third-order valence-corrected chi connectivity index (χ3v) is 5.89. The summed E-state index contributed by atoms with van der Waals surface area (Å²) < 4.78 is 2.16. The van der Waals surface area contributed by atoms with Crippen molar-refractivity contribution in [3.8, 4) is 0 Å². The highest BCUT2D eigenvalue weighted by Gasteiger charge is 2.30. The largest absolute Gasteiger partial charge is 0.332 e. The zero-order valence-electron chi connectivity index (χ0n) is 15.2. The average molecular weight is 376 g/mol. The van der Waals surface area contributed by atoms with Crippen LogP contribution in [0.15, 0.2) is 76.9 Å². The van der Waals surface area contributed by atoms with Crippen LogP contribution in [0, 0.1) is 0 Å². The number of hydrogen-bond donors (Lipinski definition) is 0. The number of rotatable bonds is 3. The molecule has 1 aliphatic carbocycles. The van der Waals surface area contributed by atoms with Crippen LogP contribution in [0.25, 0.3) is 10.9 Å². The van der Waals surface area contributed by atoms with Gasteiger partial charge in [0.05, 0.1) is 5.52 Å². The molecule has 27 heavy (non-hydrogen) atoms. The van der Waals surface area contributed by atoms with E-state index in [0.717, 1.165) is 35.4 Å². The number of fused-ring (bicyclic) bond motifs is 1. The maximum Gasteiger partial charge on any atom is 0.204 e. The molecule has 1 aromatic heterocycles. The number of benzene rings is 2. The van der Waals surface area contributed by atoms with Crippen LogP contribution in [0.5, 0.6) is 0 Å². The molecule has 0 fully saturated rings. The van der Waals surface area contributed by atoms with Crippen LogP contribution in [0.1, 0.15) is 37.5 Å². The third kappa shape index (κ3) is 2.96. The van der Waals surface area contributed by atoms with Gasteiger partial charge in [0, 0.05) is 23.8 Å². The maximum atomic E-state index is 6.69. The molecule has 1 unspecified atom stereocenters. The molecule has 0 spiro atoms. The van der Waals surface area contributed by atoms with Gasteiger partial charge in [-0.2, -0.15) is 0 Å². The fourth-order valence-electron chi connectivity index (χ4n) is 4.30. The first kappa shape index (κ1) is 16.6. The fourth-order valence-corrected chi connectivity index (χ4v) is 4.59. The minimum absolute atomic E-state index is 0.144. The normalized spacial score (nSPS) is 19.6. The standard InChI is InChI=1S/C23H22ClN3/c24-22-14-18-10-4-7-13-21(18)27(22)23-25-15-19-11-5-6-12-20(19)26(23)16-17-8-2-1-3-9-17/h1-4,7-10,13-15,23H,5-6,11-12,16H2. The highest BCUT2D eigenvalue weighted by molar-refractivity contribution is 6.31. The molecule has 3 nitrogen and oxygen atoms in total. The zero-order valence-corrected chi connectivity index (χ0v) is 15.9.